The molecule has 0 spiro atoms. The molecule has 24 heteroatoms. The summed E-state index contributed by atoms with van der Waals surface area (Å²) in [6.07, 6.45) is -5.30. The summed E-state index contributed by atoms with van der Waals surface area (Å²) in [6, 6.07) is 18.8. The van der Waals surface area contributed by atoms with Crippen LogP contribution in [0.4, 0.5) is 87.8 Å². The molecule has 0 fully saturated rings. The fourth-order valence-electron chi connectivity index (χ4n) is 7.33. The largest absolute Gasteiger partial charge is 0.277 e. The van der Waals surface area contributed by atoms with Crippen LogP contribution in [0.5, 0.6) is 5.75 Å². The minimum absolute atomic E-state index is 0.905. The Morgan fingerprint density at radius 1 is 0.354 bits per heavy atom. The zero-order valence-electron chi connectivity index (χ0n) is 30.8. The van der Waals surface area contributed by atoms with Crippen LogP contribution >= 0.6 is 11.3 Å². The highest BCUT2D eigenvalue weighted by atomic mass is 32.1. The van der Waals surface area contributed by atoms with E-state index in [-0.39, 0.29) is 0 Å². The normalized spacial score (nSPS) is 11.7. The molecule has 0 amide bonds. The Morgan fingerprint density at radius 2 is 0.615 bits per heavy atom. The van der Waals surface area contributed by atoms with E-state index in [2.05, 4.69) is 42.5 Å². The van der Waals surface area contributed by atoms with Gasteiger partial charge in [-0.2, -0.15) is 0 Å². The van der Waals surface area contributed by atoms with Gasteiger partial charge in [-0.3, -0.25) is 0 Å². The first-order valence-corrected chi connectivity index (χ1v) is 18.3. The number of aromatic nitrogens is 1. The summed E-state index contributed by atoms with van der Waals surface area (Å²) in [5.41, 5.74) is -12.4. The number of halogens is 20. The van der Waals surface area contributed by atoms with E-state index >= 15 is 35.1 Å². The number of fused-ring (bicyclic) bond motifs is 2. The molecule has 2 nitrogen and oxygen atoms in total. The molecule has 0 saturated heterocycles. The summed E-state index contributed by atoms with van der Waals surface area (Å²) in [6.45, 7) is 0. The second-order valence-electron chi connectivity index (χ2n) is 13.4. The van der Waals surface area contributed by atoms with Gasteiger partial charge in [0.2, 0.25) is 11.9 Å². The summed E-state index contributed by atoms with van der Waals surface area (Å²) in [7, 11) is 0. The van der Waals surface area contributed by atoms with Gasteiger partial charge in [0, 0.05) is 15.5 Å². The topological polar surface area (TPSA) is 13.1 Å². The Morgan fingerprint density at radius 3 is 0.877 bits per heavy atom. The van der Waals surface area contributed by atoms with Gasteiger partial charge in [-0.25, -0.2) is 92.6 Å². The van der Waals surface area contributed by atoms with Crippen LogP contribution in [0.15, 0.2) is 71.7 Å². The van der Waals surface area contributed by atoms with Gasteiger partial charge in [-0.05, 0) is 16.8 Å². The second-order valence-corrected chi connectivity index (χ2v) is 14.2. The van der Waals surface area contributed by atoms with Crippen molar-refractivity contribution in [2.75, 3.05) is 0 Å². The number of rotatable bonds is 6. The quantitative estimate of drug-likeness (QED) is 0.0404. The fraction of sp³-hybridized carbons (Fsp3) is 0. The third kappa shape index (κ3) is 6.95. The van der Waals surface area contributed by atoms with Gasteiger partial charge in [0.25, 0.3) is 5.51 Å². The van der Waals surface area contributed by atoms with Gasteiger partial charge in [-0.15, -0.1) is 21.9 Å². The van der Waals surface area contributed by atoms with Crippen LogP contribution in [0, 0.1) is 116 Å². The summed E-state index contributed by atoms with van der Waals surface area (Å²) in [5, 5.41) is 6.64. The van der Waals surface area contributed by atoms with Crippen molar-refractivity contribution in [2.45, 2.75) is 0 Å². The Bertz CT molecular complexity index is 2820. The van der Waals surface area contributed by atoms with Crippen molar-refractivity contribution in [3.05, 3.63) is 188 Å². The van der Waals surface area contributed by atoms with Crippen LogP contribution in [-0.4, -0.2) is 6.15 Å². The molecule has 0 aliphatic rings. The summed E-state index contributed by atoms with van der Waals surface area (Å²) < 4.78 is 296. The summed E-state index contributed by atoms with van der Waals surface area (Å²) >= 11 is 1.61. The molecule has 0 N–H and O–H groups in total. The molecule has 1 aromatic heterocycles. The van der Waals surface area contributed by atoms with Crippen molar-refractivity contribution in [1.82, 2.24) is 0 Å². The second kappa shape index (κ2) is 16.9. The molecule has 0 aliphatic carbocycles. The number of benzene rings is 7. The first-order chi connectivity index (χ1) is 30.6. The molecule has 0 aliphatic heterocycles. The third-order valence-electron chi connectivity index (χ3n) is 10.1. The molecule has 0 radical (unpaired) electrons. The molecule has 0 saturated carbocycles. The molecule has 8 aromatic rings. The Labute approximate surface area is 351 Å². The number of thiazole rings is 1. The molecule has 336 valence electrons. The van der Waals surface area contributed by atoms with Crippen molar-refractivity contribution < 1.29 is 97.4 Å². The van der Waals surface area contributed by atoms with Gasteiger partial charge in [0.15, 0.2) is 69.8 Å². The van der Waals surface area contributed by atoms with E-state index < -0.39 is 144 Å². The van der Waals surface area contributed by atoms with Crippen molar-refractivity contribution in [3.63, 3.8) is 0 Å². The minimum Gasteiger partial charge on any atom is -0.229 e. The van der Waals surface area contributed by atoms with Gasteiger partial charge in [0.05, 0.1) is 5.38 Å². The van der Waals surface area contributed by atoms with Crippen molar-refractivity contribution in [3.8, 4) is 5.75 Å². The molecule has 0 unspecified atom stereocenters. The van der Waals surface area contributed by atoms with E-state index in [0.29, 0.717) is 0 Å². The first-order valence-electron chi connectivity index (χ1n) is 17.4. The standard InChI is InChI=1S/C24BF20.C17H12NOS/c26-5-1(6(27)14(35)21(42)13(5)34)25(2-7(28)15(36)22(43)16(37)8(2)29,3-9(30)17(38)23(44)18(39)10(3)31)4-11(32)19(40)24(45)20(41)12(4)33;1-3-7-15-13(5-1)11-14-6-2-4-8-16(14)17(15)19-18-9-10-20-12-18/h;1-12H/q-1;+1. The lowest BCUT2D eigenvalue weighted by atomic mass is 9.12. The van der Waals surface area contributed by atoms with Crippen molar-refractivity contribution in [1.29, 1.82) is 0 Å². The first kappa shape index (κ1) is 46.2. The summed E-state index contributed by atoms with van der Waals surface area (Å²) in [4.78, 5) is 6.07. The molecule has 7 aromatic carbocycles. The maximum absolute atomic E-state index is 15.4. The number of nitrogens with zero attached hydrogens (tertiary/aromatic N) is 1. The van der Waals surface area contributed by atoms with E-state index in [1.165, 1.54) is 10.8 Å². The number of hydrogen-bond donors (Lipinski definition) is 0. The van der Waals surface area contributed by atoms with Crippen LogP contribution in [0.2, 0.25) is 0 Å². The lowest BCUT2D eigenvalue weighted by Crippen LogP contribution is -2.81. The number of hydrogen-bond acceptors (Lipinski definition) is 2. The van der Waals surface area contributed by atoms with Crippen LogP contribution in [-0.2, 0) is 0 Å². The SMILES string of the molecule is Fc1c(F)c(F)c([B-](c2c(F)c(F)c(F)c(F)c2F)(c2c(F)c(F)c(F)c(F)c2F)c2c(F)c(F)c(F)c(F)c2F)c(F)c1F.c1ccc2c(O[n+]3ccsc3)c3ccccc3cc2c1. The van der Waals surface area contributed by atoms with E-state index in [9.17, 15) is 52.7 Å². The monoisotopic (exact) mass is 957 g/mol. The Hall–Kier alpha value is -6.85. The average Bonchev–Trinajstić information content (AvgIpc) is 3.82. The Balaban J connectivity index is 0.000000258. The van der Waals surface area contributed by atoms with E-state index in [4.69, 9.17) is 4.84 Å². The predicted molar refractivity (Wildman–Crippen MR) is 191 cm³/mol. The highest BCUT2D eigenvalue weighted by molar-refractivity contribution is 7.20. The molecule has 0 atom stereocenters. The minimum atomic E-state index is -7.22. The fourth-order valence-corrected chi connectivity index (χ4v) is 7.82. The van der Waals surface area contributed by atoms with Crippen LogP contribution in [0.3, 0.4) is 0 Å². The molecule has 1 heterocycles. The molecular formula is C41H12BF20NOS. The van der Waals surface area contributed by atoms with Gasteiger partial charge < -0.3 is 0 Å². The maximum atomic E-state index is 15.4. The zero-order chi connectivity index (χ0) is 47.7. The lowest BCUT2D eigenvalue weighted by molar-refractivity contribution is -0.871. The highest BCUT2D eigenvalue weighted by Gasteiger charge is 2.52. The maximum Gasteiger partial charge on any atom is 0.277 e. The predicted octanol–water partition coefficient (Wildman–Crippen LogP) is 10.0. The zero-order valence-corrected chi connectivity index (χ0v) is 31.6. The molecule has 8 rings (SSSR count). The smallest absolute Gasteiger partial charge is 0.229 e. The molecule has 65 heavy (non-hydrogen) atoms. The van der Waals surface area contributed by atoms with Crippen LogP contribution in [0.25, 0.3) is 21.5 Å². The van der Waals surface area contributed by atoms with Gasteiger partial charge in [0.1, 0.15) is 52.7 Å². The Kier molecular flexibility index (Phi) is 12.0. The van der Waals surface area contributed by atoms with Crippen LogP contribution in [0.1, 0.15) is 0 Å². The van der Waals surface area contributed by atoms with Crippen molar-refractivity contribution >= 4 is 60.9 Å². The third-order valence-corrected chi connectivity index (χ3v) is 10.7. The van der Waals surface area contributed by atoms with E-state index in [1.807, 2.05) is 29.2 Å². The molecular weight excluding hydrogens is 945 g/mol. The van der Waals surface area contributed by atoms with Crippen molar-refractivity contribution in [2.24, 2.45) is 0 Å². The average molecular weight is 957 g/mol. The lowest BCUT2D eigenvalue weighted by Gasteiger charge is -2.44. The van der Waals surface area contributed by atoms with E-state index in [0.717, 1.165) is 16.5 Å². The highest BCUT2D eigenvalue weighted by Crippen LogP contribution is 2.35. The summed E-state index contributed by atoms with van der Waals surface area (Å²) in [5.74, 6) is -70.5. The van der Waals surface area contributed by atoms with Gasteiger partial charge in [-0.1, -0.05) is 59.9 Å². The van der Waals surface area contributed by atoms with Gasteiger partial charge >= 0.3 is 0 Å². The van der Waals surface area contributed by atoms with Crippen LogP contribution < -0.4 is 31.4 Å². The molecule has 0 bridgehead atoms. The van der Waals surface area contributed by atoms with E-state index in [1.54, 1.807) is 16.1 Å².